The molecule has 0 amide bonds. The highest BCUT2D eigenvalue weighted by atomic mass is 19.4. The van der Waals surface area contributed by atoms with Gasteiger partial charge < -0.3 is 4.85 Å². The van der Waals surface area contributed by atoms with E-state index in [0.29, 0.717) is 0 Å². The summed E-state index contributed by atoms with van der Waals surface area (Å²) in [5.41, 5.74) is -0.806. The Hall–Kier alpha value is -1.51. The highest BCUT2D eigenvalue weighted by Gasteiger charge is 2.35. The van der Waals surface area contributed by atoms with E-state index in [1.54, 1.807) is 0 Å². The second-order valence-corrected chi connectivity index (χ2v) is 2.40. The summed E-state index contributed by atoms with van der Waals surface area (Å²) in [4.78, 5) is 2.97. The van der Waals surface area contributed by atoms with Crippen LogP contribution >= 0.6 is 0 Å². The molecule has 1 N–H and O–H groups in total. The van der Waals surface area contributed by atoms with Crippen LogP contribution in [0.2, 0.25) is 0 Å². The molecule has 0 spiro atoms. The van der Waals surface area contributed by atoms with Gasteiger partial charge in [0.15, 0.2) is 0 Å². The average molecular weight is 189 g/mol. The topological polar surface area (TPSA) is 33.0 Å². The number of hydrogen-bond acceptors (Lipinski definition) is 1. The van der Waals surface area contributed by atoms with E-state index < -0.39 is 11.9 Å². The number of rotatable bonds is 2. The Bertz CT molecular complexity index is 320. The van der Waals surface area contributed by atoms with Crippen molar-refractivity contribution >= 4 is 0 Å². The molecule has 0 radical (unpaired) electrons. The summed E-state index contributed by atoms with van der Waals surface area (Å²) in [7, 11) is 0. The van der Waals surface area contributed by atoms with E-state index in [4.69, 9.17) is 6.57 Å². The van der Waals surface area contributed by atoms with E-state index in [1.165, 1.54) is 0 Å². The van der Waals surface area contributed by atoms with E-state index >= 15 is 0 Å². The van der Waals surface area contributed by atoms with E-state index in [9.17, 15) is 13.2 Å². The van der Waals surface area contributed by atoms with Gasteiger partial charge in [-0.15, -0.1) is 0 Å². The molecular formula is C7H6F3N3. The summed E-state index contributed by atoms with van der Waals surface area (Å²) in [6, 6.07) is 0. The van der Waals surface area contributed by atoms with Gasteiger partial charge in [0.05, 0.1) is 6.20 Å². The lowest BCUT2D eigenvalue weighted by Crippen LogP contribution is -2.09. The Balaban J connectivity index is 2.85. The van der Waals surface area contributed by atoms with Crippen molar-refractivity contribution < 1.29 is 13.2 Å². The van der Waals surface area contributed by atoms with E-state index in [2.05, 4.69) is 9.94 Å². The number of hydrogen-bond donors (Lipinski definition) is 1. The molecule has 0 atom stereocenters. The minimum atomic E-state index is -4.41. The molecule has 1 heterocycles. The SMILES string of the molecule is [C-]#[N+]CCc1cn[nH]c1C(F)(F)F. The van der Waals surface area contributed by atoms with E-state index in [-0.39, 0.29) is 18.5 Å². The van der Waals surface area contributed by atoms with E-state index in [1.807, 2.05) is 5.10 Å². The Kier molecular flexibility index (Phi) is 2.56. The Morgan fingerprint density at radius 2 is 2.23 bits per heavy atom. The normalized spacial score (nSPS) is 11.2. The summed E-state index contributed by atoms with van der Waals surface area (Å²) in [6.07, 6.45) is -3.23. The third-order valence-electron chi connectivity index (χ3n) is 1.49. The molecule has 0 saturated heterocycles. The lowest BCUT2D eigenvalue weighted by Gasteiger charge is -2.04. The summed E-state index contributed by atoms with van der Waals surface area (Å²) in [6.45, 7) is 6.49. The average Bonchev–Trinajstić information content (AvgIpc) is 2.47. The van der Waals surface area contributed by atoms with Crippen LogP contribution in [0.1, 0.15) is 11.3 Å². The van der Waals surface area contributed by atoms with Crippen LogP contribution in [0.4, 0.5) is 13.2 Å². The molecule has 1 aromatic heterocycles. The second-order valence-electron chi connectivity index (χ2n) is 2.40. The van der Waals surface area contributed by atoms with Crippen LogP contribution in [-0.2, 0) is 12.6 Å². The summed E-state index contributed by atoms with van der Waals surface area (Å²) >= 11 is 0. The predicted molar refractivity (Wildman–Crippen MR) is 38.8 cm³/mol. The number of nitrogens with one attached hydrogen (secondary N) is 1. The summed E-state index contributed by atoms with van der Waals surface area (Å²) in [5, 5.41) is 5.17. The fraction of sp³-hybridized carbons (Fsp3) is 0.429. The standard InChI is InChI=1S/C7H6F3N3/c1-11-3-2-5-4-12-13-6(5)7(8,9)10/h4H,2-3H2,(H,12,13). The Morgan fingerprint density at radius 1 is 1.54 bits per heavy atom. The number of alkyl halides is 3. The lowest BCUT2D eigenvalue weighted by atomic mass is 10.2. The first kappa shape index (κ1) is 9.58. The largest absolute Gasteiger partial charge is 0.433 e. The monoisotopic (exact) mass is 189 g/mol. The zero-order valence-corrected chi connectivity index (χ0v) is 6.52. The maximum Gasteiger partial charge on any atom is 0.433 e. The van der Waals surface area contributed by atoms with Crippen LogP contribution in [-0.4, -0.2) is 16.7 Å². The van der Waals surface area contributed by atoms with Gasteiger partial charge in [-0.05, 0) is 0 Å². The number of H-pyrrole nitrogens is 1. The van der Waals surface area contributed by atoms with Gasteiger partial charge in [0.2, 0.25) is 6.54 Å². The van der Waals surface area contributed by atoms with Crippen LogP contribution < -0.4 is 0 Å². The van der Waals surface area contributed by atoms with Crippen molar-refractivity contribution in [3.8, 4) is 0 Å². The molecule has 0 aromatic carbocycles. The molecule has 13 heavy (non-hydrogen) atoms. The Morgan fingerprint density at radius 3 is 2.77 bits per heavy atom. The molecule has 0 saturated carbocycles. The highest BCUT2D eigenvalue weighted by molar-refractivity contribution is 5.19. The third kappa shape index (κ3) is 2.21. The fourth-order valence-corrected chi connectivity index (χ4v) is 0.922. The molecule has 3 nitrogen and oxygen atoms in total. The third-order valence-corrected chi connectivity index (χ3v) is 1.49. The lowest BCUT2D eigenvalue weighted by molar-refractivity contribution is -0.141. The smallest absolute Gasteiger partial charge is 0.317 e. The van der Waals surface area contributed by atoms with Gasteiger partial charge in [-0.25, -0.2) is 6.57 Å². The van der Waals surface area contributed by atoms with Gasteiger partial charge in [-0.3, -0.25) is 5.10 Å². The molecule has 70 valence electrons. The maximum absolute atomic E-state index is 12.2. The van der Waals surface area contributed by atoms with Gasteiger partial charge in [0.25, 0.3) is 0 Å². The first-order valence-corrected chi connectivity index (χ1v) is 3.48. The zero-order valence-electron chi connectivity index (χ0n) is 6.52. The fourth-order valence-electron chi connectivity index (χ4n) is 0.922. The highest BCUT2D eigenvalue weighted by Crippen LogP contribution is 2.30. The van der Waals surface area contributed by atoms with Crippen molar-refractivity contribution in [1.29, 1.82) is 0 Å². The first-order valence-electron chi connectivity index (χ1n) is 3.48. The number of aromatic amines is 1. The predicted octanol–water partition coefficient (Wildman–Crippen LogP) is 1.89. The van der Waals surface area contributed by atoms with Crippen molar-refractivity contribution in [2.45, 2.75) is 12.6 Å². The summed E-state index contributed by atoms with van der Waals surface area (Å²) < 4.78 is 36.5. The van der Waals surface area contributed by atoms with Gasteiger partial charge in [-0.2, -0.15) is 18.3 Å². The second kappa shape index (κ2) is 3.47. The van der Waals surface area contributed by atoms with Gasteiger partial charge in [0.1, 0.15) is 5.69 Å². The molecule has 0 aliphatic rings. The summed E-state index contributed by atoms with van der Waals surface area (Å²) in [5.74, 6) is 0. The number of aromatic nitrogens is 2. The molecule has 0 bridgehead atoms. The molecule has 0 fully saturated rings. The van der Waals surface area contributed by atoms with E-state index in [0.717, 1.165) is 6.20 Å². The van der Waals surface area contributed by atoms with Crippen molar-refractivity contribution in [3.63, 3.8) is 0 Å². The minimum absolute atomic E-state index is 0.0443. The molecule has 6 heteroatoms. The van der Waals surface area contributed by atoms with Gasteiger partial charge >= 0.3 is 6.18 Å². The number of nitrogens with zero attached hydrogens (tertiary/aromatic N) is 2. The van der Waals surface area contributed by atoms with Crippen LogP contribution in [0.5, 0.6) is 0 Å². The van der Waals surface area contributed by atoms with Gasteiger partial charge in [-0.1, -0.05) is 0 Å². The maximum atomic E-state index is 12.2. The Labute approximate surface area is 72.4 Å². The van der Waals surface area contributed by atoms with Crippen LogP contribution in [0.25, 0.3) is 4.85 Å². The van der Waals surface area contributed by atoms with Crippen LogP contribution in [0, 0.1) is 6.57 Å². The van der Waals surface area contributed by atoms with Crippen molar-refractivity contribution in [3.05, 3.63) is 28.9 Å². The quantitative estimate of drug-likeness (QED) is 0.708. The van der Waals surface area contributed by atoms with Crippen LogP contribution in [0.15, 0.2) is 6.20 Å². The van der Waals surface area contributed by atoms with Crippen molar-refractivity contribution in [2.24, 2.45) is 0 Å². The van der Waals surface area contributed by atoms with Crippen molar-refractivity contribution in [1.82, 2.24) is 10.2 Å². The van der Waals surface area contributed by atoms with Crippen LogP contribution in [0.3, 0.4) is 0 Å². The van der Waals surface area contributed by atoms with Gasteiger partial charge in [0, 0.05) is 12.0 Å². The molecule has 1 rings (SSSR count). The molecule has 0 aliphatic heterocycles. The molecular weight excluding hydrogens is 183 g/mol. The first-order chi connectivity index (χ1) is 6.05. The molecule has 0 aliphatic carbocycles. The molecule has 0 unspecified atom stereocenters. The van der Waals surface area contributed by atoms with Crippen molar-refractivity contribution in [2.75, 3.05) is 6.54 Å². The zero-order chi connectivity index (χ0) is 9.90. The number of halogens is 3. The minimum Gasteiger partial charge on any atom is -0.317 e. The molecule has 1 aromatic rings.